The molecule has 0 bridgehead atoms. The third kappa shape index (κ3) is 3.22. The van der Waals surface area contributed by atoms with E-state index in [-0.39, 0.29) is 0 Å². The average molecular weight is 233 g/mol. The van der Waals surface area contributed by atoms with E-state index in [2.05, 4.69) is 30.4 Å². The van der Waals surface area contributed by atoms with Crippen molar-refractivity contribution in [2.45, 2.75) is 52.0 Å². The Bertz CT molecular complexity index is 378. The monoisotopic (exact) mass is 233 g/mol. The first-order chi connectivity index (χ1) is 8.31. The van der Waals surface area contributed by atoms with Gasteiger partial charge in [0.15, 0.2) is 0 Å². The minimum absolute atomic E-state index is 0.295. The van der Waals surface area contributed by atoms with Gasteiger partial charge in [-0.1, -0.05) is 13.0 Å². The summed E-state index contributed by atoms with van der Waals surface area (Å²) < 4.78 is 5.79. The standard InChI is InChI=1S/C15H23NO/c1-3-11-16-15(13-7-5-4-6-8-13)14-10-9-12(2)17-14/h7,9-10,15-16H,3-6,8,11H2,1-2H3. The third-order valence-corrected chi connectivity index (χ3v) is 3.34. The van der Waals surface area contributed by atoms with Gasteiger partial charge in [-0.2, -0.15) is 0 Å². The predicted octanol–water partition coefficient (Wildman–Crippen LogP) is 4.13. The van der Waals surface area contributed by atoms with Gasteiger partial charge in [0.2, 0.25) is 0 Å². The number of furan rings is 1. The second-order valence-electron chi connectivity index (χ2n) is 4.86. The van der Waals surface area contributed by atoms with Crippen LogP contribution in [0.2, 0.25) is 0 Å². The third-order valence-electron chi connectivity index (χ3n) is 3.34. The summed E-state index contributed by atoms with van der Waals surface area (Å²) in [4.78, 5) is 0. The van der Waals surface area contributed by atoms with Crippen LogP contribution >= 0.6 is 0 Å². The minimum atomic E-state index is 0.295. The summed E-state index contributed by atoms with van der Waals surface area (Å²) in [6, 6.07) is 4.46. The highest BCUT2D eigenvalue weighted by Crippen LogP contribution is 2.30. The Morgan fingerprint density at radius 1 is 1.35 bits per heavy atom. The molecule has 1 aromatic rings. The second kappa shape index (κ2) is 6.06. The molecule has 0 saturated carbocycles. The summed E-state index contributed by atoms with van der Waals surface area (Å²) >= 11 is 0. The van der Waals surface area contributed by atoms with Gasteiger partial charge in [0.25, 0.3) is 0 Å². The highest BCUT2D eigenvalue weighted by atomic mass is 16.3. The molecule has 2 rings (SSSR count). The fraction of sp³-hybridized carbons (Fsp3) is 0.600. The van der Waals surface area contributed by atoms with Gasteiger partial charge in [0.05, 0.1) is 6.04 Å². The van der Waals surface area contributed by atoms with Crippen molar-refractivity contribution in [3.63, 3.8) is 0 Å². The molecule has 0 saturated heterocycles. The van der Waals surface area contributed by atoms with E-state index in [1.54, 1.807) is 0 Å². The van der Waals surface area contributed by atoms with Crippen molar-refractivity contribution in [2.75, 3.05) is 6.54 Å². The fourth-order valence-corrected chi connectivity index (χ4v) is 2.44. The lowest BCUT2D eigenvalue weighted by atomic mass is 9.92. The normalized spacial score (nSPS) is 17.9. The van der Waals surface area contributed by atoms with E-state index in [0.29, 0.717) is 6.04 Å². The van der Waals surface area contributed by atoms with Gasteiger partial charge >= 0.3 is 0 Å². The predicted molar refractivity (Wildman–Crippen MR) is 71.0 cm³/mol. The van der Waals surface area contributed by atoms with Crippen LogP contribution in [0, 0.1) is 6.92 Å². The van der Waals surface area contributed by atoms with Gasteiger partial charge in [0.1, 0.15) is 11.5 Å². The van der Waals surface area contributed by atoms with Crippen molar-refractivity contribution in [3.8, 4) is 0 Å². The number of rotatable bonds is 5. The van der Waals surface area contributed by atoms with Gasteiger partial charge in [0, 0.05) is 0 Å². The highest BCUT2D eigenvalue weighted by molar-refractivity contribution is 5.23. The van der Waals surface area contributed by atoms with Crippen LogP contribution in [-0.4, -0.2) is 6.54 Å². The molecule has 0 spiro atoms. The molecule has 1 aliphatic carbocycles. The summed E-state index contributed by atoms with van der Waals surface area (Å²) in [6.45, 7) is 5.25. The first-order valence-corrected chi connectivity index (χ1v) is 6.80. The molecule has 1 heterocycles. The Morgan fingerprint density at radius 3 is 2.82 bits per heavy atom. The van der Waals surface area contributed by atoms with Crippen molar-refractivity contribution in [1.29, 1.82) is 0 Å². The molecule has 1 atom stereocenters. The largest absolute Gasteiger partial charge is 0.464 e. The zero-order chi connectivity index (χ0) is 12.1. The lowest BCUT2D eigenvalue weighted by molar-refractivity contribution is 0.417. The maximum atomic E-state index is 5.79. The molecule has 2 nitrogen and oxygen atoms in total. The molecule has 0 aliphatic heterocycles. The lowest BCUT2D eigenvalue weighted by Crippen LogP contribution is -2.24. The van der Waals surface area contributed by atoms with Crippen LogP contribution in [0.15, 0.2) is 28.2 Å². The number of nitrogens with one attached hydrogen (secondary N) is 1. The van der Waals surface area contributed by atoms with Crippen LogP contribution in [0.25, 0.3) is 0 Å². The van der Waals surface area contributed by atoms with E-state index < -0.39 is 0 Å². The van der Waals surface area contributed by atoms with Crippen molar-refractivity contribution in [3.05, 3.63) is 35.3 Å². The van der Waals surface area contributed by atoms with E-state index in [1.807, 2.05) is 6.92 Å². The van der Waals surface area contributed by atoms with Crippen molar-refractivity contribution in [2.24, 2.45) is 0 Å². The van der Waals surface area contributed by atoms with E-state index in [9.17, 15) is 0 Å². The van der Waals surface area contributed by atoms with Crippen molar-refractivity contribution in [1.82, 2.24) is 5.32 Å². The maximum absolute atomic E-state index is 5.79. The van der Waals surface area contributed by atoms with Gasteiger partial charge in [-0.05, 0) is 63.3 Å². The molecule has 0 fully saturated rings. The molecule has 1 aliphatic rings. The van der Waals surface area contributed by atoms with Crippen LogP contribution in [0.5, 0.6) is 0 Å². The smallest absolute Gasteiger partial charge is 0.125 e. The zero-order valence-electron chi connectivity index (χ0n) is 11.0. The van der Waals surface area contributed by atoms with Gasteiger partial charge < -0.3 is 9.73 Å². The number of hydrogen-bond acceptors (Lipinski definition) is 2. The Kier molecular flexibility index (Phi) is 4.43. The fourth-order valence-electron chi connectivity index (χ4n) is 2.44. The number of allylic oxidation sites excluding steroid dienone is 1. The van der Waals surface area contributed by atoms with Gasteiger partial charge in [-0.25, -0.2) is 0 Å². The summed E-state index contributed by atoms with van der Waals surface area (Å²) in [6.07, 6.45) is 8.63. The van der Waals surface area contributed by atoms with E-state index in [0.717, 1.165) is 24.5 Å². The number of aryl methyl sites for hydroxylation is 1. The van der Waals surface area contributed by atoms with E-state index in [1.165, 1.54) is 31.3 Å². The topological polar surface area (TPSA) is 25.2 Å². The molecule has 2 heteroatoms. The molecule has 0 amide bonds. The molecule has 94 valence electrons. The second-order valence-corrected chi connectivity index (χ2v) is 4.86. The molecule has 1 N–H and O–H groups in total. The Hall–Kier alpha value is -1.02. The summed E-state index contributed by atoms with van der Waals surface area (Å²) in [5.74, 6) is 2.07. The van der Waals surface area contributed by atoms with Crippen LogP contribution in [-0.2, 0) is 0 Å². The maximum Gasteiger partial charge on any atom is 0.125 e. The minimum Gasteiger partial charge on any atom is -0.464 e. The van der Waals surface area contributed by atoms with Gasteiger partial charge in [-0.3, -0.25) is 0 Å². The van der Waals surface area contributed by atoms with Crippen LogP contribution in [0.4, 0.5) is 0 Å². The van der Waals surface area contributed by atoms with Crippen molar-refractivity contribution >= 4 is 0 Å². The van der Waals surface area contributed by atoms with Crippen LogP contribution in [0.1, 0.15) is 56.6 Å². The van der Waals surface area contributed by atoms with Crippen molar-refractivity contribution < 1.29 is 4.42 Å². The molecular weight excluding hydrogens is 210 g/mol. The molecule has 1 unspecified atom stereocenters. The van der Waals surface area contributed by atoms with E-state index >= 15 is 0 Å². The quantitative estimate of drug-likeness (QED) is 0.774. The van der Waals surface area contributed by atoms with E-state index in [4.69, 9.17) is 4.42 Å². The zero-order valence-corrected chi connectivity index (χ0v) is 11.0. The highest BCUT2D eigenvalue weighted by Gasteiger charge is 2.20. The average Bonchev–Trinajstić information content (AvgIpc) is 2.78. The van der Waals surface area contributed by atoms with Crippen LogP contribution < -0.4 is 5.32 Å². The molecule has 17 heavy (non-hydrogen) atoms. The molecular formula is C15H23NO. The van der Waals surface area contributed by atoms with Gasteiger partial charge in [-0.15, -0.1) is 0 Å². The Morgan fingerprint density at radius 2 is 2.24 bits per heavy atom. The Balaban J connectivity index is 2.15. The van der Waals surface area contributed by atoms with Crippen LogP contribution in [0.3, 0.4) is 0 Å². The molecule has 0 aromatic carbocycles. The first-order valence-electron chi connectivity index (χ1n) is 6.80. The summed E-state index contributed by atoms with van der Waals surface area (Å²) in [5.41, 5.74) is 1.51. The number of hydrogen-bond donors (Lipinski definition) is 1. The lowest BCUT2D eigenvalue weighted by Gasteiger charge is -2.22. The molecule has 0 radical (unpaired) electrons. The Labute approximate surface area is 104 Å². The summed E-state index contributed by atoms with van der Waals surface area (Å²) in [7, 11) is 0. The SMILES string of the molecule is CCCNC(C1=CCCCC1)c1ccc(C)o1. The first kappa shape index (κ1) is 12.4. The molecule has 1 aromatic heterocycles. The summed E-state index contributed by atoms with van der Waals surface area (Å²) in [5, 5.41) is 3.61.